The van der Waals surface area contributed by atoms with E-state index in [4.69, 9.17) is 4.74 Å². The van der Waals surface area contributed by atoms with Gasteiger partial charge < -0.3 is 9.84 Å². The fourth-order valence-electron chi connectivity index (χ4n) is 4.25. The molecule has 0 saturated carbocycles. The van der Waals surface area contributed by atoms with Crippen molar-refractivity contribution >= 4 is 16.9 Å². The van der Waals surface area contributed by atoms with Crippen LogP contribution in [0.4, 0.5) is 13.2 Å². The number of carbonyl (C=O) groups is 1. The fraction of sp³-hybridized carbons (Fsp3) is 0.103. The van der Waals surface area contributed by atoms with E-state index in [9.17, 15) is 23.1 Å². The van der Waals surface area contributed by atoms with Crippen LogP contribution in [-0.4, -0.2) is 20.9 Å². The van der Waals surface area contributed by atoms with Crippen LogP contribution < -0.4 is 4.74 Å². The summed E-state index contributed by atoms with van der Waals surface area (Å²) in [5, 5.41) is 14.0. The van der Waals surface area contributed by atoms with Crippen molar-refractivity contribution in [3.05, 3.63) is 119 Å². The Kier molecular flexibility index (Phi) is 6.40. The molecule has 0 spiro atoms. The van der Waals surface area contributed by atoms with Crippen LogP contribution in [0.5, 0.6) is 5.75 Å². The maximum Gasteiger partial charge on any atom is 0.418 e. The van der Waals surface area contributed by atoms with Gasteiger partial charge in [-0.25, -0.2) is 4.79 Å². The van der Waals surface area contributed by atoms with Gasteiger partial charge in [-0.3, -0.25) is 4.68 Å². The Morgan fingerprint density at radius 3 is 2.35 bits per heavy atom. The van der Waals surface area contributed by atoms with E-state index in [1.165, 1.54) is 18.2 Å². The monoisotopic (exact) mass is 502 g/mol. The predicted molar refractivity (Wildman–Crippen MR) is 133 cm³/mol. The summed E-state index contributed by atoms with van der Waals surface area (Å²) < 4.78 is 48.9. The summed E-state index contributed by atoms with van der Waals surface area (Å²) in [4.78, 5) is 11.2. The molecule has 5 rings (SSSR count). The van der Waals surface area contributed by atoms with Crippen molar-refractivity contribution in [1.82, 2.24) is 9.78 Å². The minimum atomic E-state index is -4.54. The Balaban J connectivity index is 1.55. The van der Waals surface area contributed by atoms with Crippen LogP contribution in [0, 0.1) is 0 Å². The first-order valence-corrected chi connectivity index (χ1v) is 11.5. The predicted octanol–water partition coefficient (Wildman–Crippen LogP) is 7.05. The second kappa shape index (κ2) is 9.81. The molecule has 0 radical (unpaired) electrons. The van der Waals surface area contributed by atoms with E-state index in [0.29, 0.717) is 28.0 Å². The number of carboxylic acid groups (broad SMARTS) is 1. The molecule has 0 unspecified atom stereocenters. The van der Waals surface area contributed by atoms with E-state index in [0.717, 1.165) is 11.6 Å². The molecule has 0 amide bonds. The van der Waals surface area contributed by atoms with Gasteiger partial charge in [0.05, 0.1) is 23.4 Å². The number of hydrogen-bond acceptors (Lipinski definition) is 3. The highest BCUT2D eigenvalue weighted by Gasteiger charge is 2.34. The van der Waals surface area contributed by atoms with Crippen molar-refractivity contribution in [2.24, 2.45) is 0 Å². The smallest absolute Gasteiger partial charge is 0.418 e. The van der Waals surface area contributed by atoms with Crippen molar-refractivity contribution < 1.29 is 27.8 Å². The summed E-state index contributed by atoms with van der Waals surface area (Å²) in [6.45, 7) is 0.419. The molecule has 0 aliphatic carbocycles. The zero-order chi connectivity index (χ0) is 26.0. The number of hydrogen-bond donors (Lipinski definition) is 1. The highest BCUT2D eigenvalue weighted by molar-refractivity contribution is 5.95. The number of aromatic nitrogens is 2. The first kappa shape index (κ1) is 24.1. The third-order valence-electron chi connectivity index (χ3n) is 5.94. The number of carboxylic acids is 1. The third kappa shape index (κ3) is 5.18. The van der Waals surface area contributed by atoms with Gasteiger partial charge in [0.15, 0.2) is 0 Å². The van der Waals surface area contributed by atoms with Crippen LogP contribution in [0.1, 0.15) is 27.0 Å². The van der Waals surface area contributed by atoms with Crippen molar-refractivity contribution in [1.29, 1.82) is 0 Å². The number of alkyl halides is 3. The van der Waals surface area contributed by atoms with Crippen molar-refractivity contribution in [2.75, 3.05) is 0 Å². The van der Waals surface area contributed by atoms with Crippen molar-refractivity contribution in [2.45, 2.75) is 19.3 Å². The maximum absolute atomic E-state index is 13.8. The third-order valence-corrected chi connectivity index (χ3v) is 5.94. The molecule has 5 aromatic rings. The molecule has 0 aliphatic rings. The summed E-state index contributed by atoms with van der Waals surface area (Å²) >= 11 is 0. The number of benzene rings is 4. The fourth-order valence-corrected chi connectivity index (χ4v) is 4.25. The summed E-state index contributed by atoms with van der Waals surface area (Å²) in [6, 6.07) is 27.0. The lowest BCUT2D eigenvalue weighted by Gasteiger charge is -2.11. The minimum absolute atomic E-state index is 0.113. The molecule has 1 N–H and O–H groups in total. The van der Waals surface area contributed by atoms with Crippen LogP contribution in [0.2, 0.25) is 0 Å². The Morgan fingerprint density at radius 2 is 1.59 bits per heavy atom. The second-order valence-corrected chi connectivity index (χ2v) is 8.51. The molecule has 4 aromatic carbocycles. The molecule has 5 nitrogen and oxygen atoms in total. The number of rotatable bonds is 7. The first-order chi connectivity index (χ1) is 17.8. The zero-order valence-corrected chi connectivity index (χ0v) is 19.4. The molecule has 0 saturated heterocycles. The van der Waals surface area contributed by atoms with Gasteiger partial charge in [-0.15, -0.1) is 0 Å². The average molecular weight is 502 g/mol. The van der Waals surface area contributed by atoms with Crippen molar-refractivity contribution in [3.8, 4) is 17.0 Å². The largest absolute Gasteiger partial charge is 0.489 e. The molecular formula is C29H21F3N2O3. The minimum Gasteiger partial charge on any atom is -0.489 e. The number of fused-ring (bicyclic) bond motifs is 1. The van der Waals surface area contributed by atoms with E-state index in [2.05, 4.69) is 5.10 Å². The molecule has 0 aliphatic heterocycles. The molecule has 0 atom stereocenters. The first-order valence-electron chi connectivity index (χ1n) is 11.5. The van der Waals surface area contributed by atoms with Gasteiger partial charge in [-0.2, -0.15) is 18.3 Å². The Bertz CT molecular complexity index is 1580. The van der Waals surface area contributed by atoms with Crippen LogP contribution in [-0.2, 0) is 19.3 Å². The highest BCUT2D eigenvalue weighted by atomic mass is 19.4. The lowest BCUT2D eigenvalue weighted by atomic mass is 10.0. The SMILES string of the molecule is O=C(O)c1cccc(COc2cccc(-c3c4cccc(C(F)(F)F)c4nn3Cc3ccccc3)c2)c1. The summed E-state index contributed by atoms with van der Waals surface area (Å²) in [6.07, 6.45) is -4.54. The van der Waals surface area contributed by atoms with Crippen molar-refractivity contribution in [3.63, 3.8) is 0 Å². The lowest BCUT2D eigenvalue weighted by Crippen LogP contribution is -2.06. The number of halogens is 3. The van der Waals surface area contributed by atoms with Gasteiger partial charge >= 0.3 is 12.1 Å². The quantitative estimate of drug-likeness (QED) is 0.259. The van der Waals surface area contributed by atoms with E-state index in [1.54, 1.807) is 47.1 Å². The Morgan fingerprint density at radius 1 is 0.865 bits per heavy atom. The van der Waals surface area contributed by atoms with Gasteiger partial charge in [-0.1, -0.05) is 66.7 Å². The lowest BCUT2D eigenvalue weighted by molar-refractivity contribution is -0.136. The van der Waals surface area contributed by atoms with Gasteiger partial charge in [0, 0.05) is 10.9 Å². The van der Waals surface area contributed by atoms with Gasteiger partial charge in [0.2, 0.25) is 0 Å². The molecule has 8 heteroatoms. The van der Waals surface area contributed by atoms with Crippen LogP contribution in [0.25, 0.3) is 22.2 Å². The maximum atomic E-state index is 13.8. The molecule has 186 valence electrons. The van der Waals surface area contributed by atoms with Crippen LogP contribution in [0.15, 0.2) is 97.1 Å². The van der Waals surface area contributed by atoms with E-state index in [-0.39, 0.29) is 24.2 Å². The molecule has 0 bridgehead atoms. The number of ether oxygens (including phenoxy) is 1. The summed E-state index contributed by atoms with van der Waals surface area (Å²) in [5.74, 6) is -0.536. The summed E-state index contributed by atoms with van der Waals surface area (Å²) in [7, 11) is 0. The van der Waals surface area contributed by atoms with Crippen LogP contribution >= 0.6 is 0 Å². The molecule has 1 aromatic heterocycles. The number of aromatic carboxylic acids is 1. The summed E-state index contributed by atoms with van der Waals surface area (Å²) in [5.41, 5.74) is 2.03. The molecule has 37 heavy (non-hydrogen) atoms. The van der Waals surface area contributed by atoms with Gasteiger partial charge in [-0.05, 0) is 41.5 Å². The van der Waals surface area contributed by atoms with Gasteiger partial charge in [0.25, 0.3) is 0 Å². The van der Waals surface area contributed by atoms with E-state index >= 15 is 0 Å². The van der Waals surface area contributed by atoms with E-state index < -0.39 is 17.7 Å². The zero-order valence-electron chi connectivity index (χ0n) is 19.4. The Hall–Kier alpha value is -4.59. The standard InChI is InChI=1S/C29H21F3N2O3/c30-29(31,32)25-14-6-13-24-26(25)33-34(17-19-7-2-1-3-8-19)27(24)21-10-5-12-23(16-21)37-18-20-9-4-11-22(15-20)28(35)36/h1-16H,17-18H2,(H,35,36). The molecule has 0 fully saturated rings. The van der Waals surface area contributed by atoms with Crippen LogP contribution in [0.3, 0.4) is 0 Å². The normalized spacial score (nSPS) is 11.5. The molecular weight excluding hydrogens is 481 g/mol. The van der Waals surface area contributed by atoms with Gasteiger partial charge in [0.1, 0.15) is 17.9 Å². The second-order valence-electron chi connectivity index (χ2n) is 8.51. The highest BCUT2D eigenvalue weighted by Crippen LogP contribution is 2.38. The topological polar surface area (TPSA) is 64.3 Å². The average Bonchev–Trinajstić information content (AvgIpc) is 3.25. The molecule has 1 heterocycles. The van der Waals surface area contributed by atoms with E-state index in [1.807, 2.05) is 30.3 Å². The number of nitrogens with zero attached hydrogens (tertiary/aromatic N) is 2. The Labute approximate surface area is 210 Å².